The van der Waals surface area contributed by atoms with Crippen molar-refractivity contribution in [3.05, 3.63) is 34.9 Å². The highest BCUT2D eigenvalue weighted by Crippen LogP contribution is 2.13. The van der Waals surface area contributed by atoms with Gasteiger partial charge in [0.05, 0.1) is 0 Å². The summed E-state index contributed by atoms with van der Waals surface area (Å²) in [5, 5.41) is 0. The smallest absolute Gasteiger partial charge is 0.164 e. The second-order valence-corrected chi connectivity index (χ2v) is 5.64. The molecule has 1 aromatic rings. The summed E-state index contributed by atoms with van der Waals surface area (Å²) in [4.78, 5) is 17.0. The van der Waals surface area contributed by atoms with Crippen LogP contribution in [0.4, 0.5) is 0 Å². The predicted octanol–water partition coefficient (Wildman–Crippen LogP) is 2.12. The molecule has 1 saturated heterocycles. The number of rotatable bonds is 4. The summed E-state index contributed by atoms with van der Waals surface area (Å²) in [6.45, 7) is 9.32. The average Bonchev–Trinajstić information content (AvgIpc) is 2.40. The Balaban J connectivity index is 1.89. The molecule has 1 fully saturated rings. The molecule has 1 aliphatic rings. The molecule has 0 amide bonds. The van der Waals surface area contributed by atoms with Crippen LogP contribution < -0.4 is 0 Å². The van der Waals surface area contributed by atoms with Crippen molar-refractivity contribution in [3.8, 4) is 0 Å². The highest BCUT2D eigenvalue weighted by Gasteiger charge is 2.16. The maximum atomic E-state index is 12.3. The topological polar surface area (TPSA) is 23.6 Å². The van der Waals surface area contributed by atoms with E-state index in [9.17, 15) is 4.79 Å². The van der Waals surface area contributed by atoms with Crippen LogP contribution in [0.3, 0.4) is 0 Å². The minimum Gasteiger partial charge on any atom is -0.304 e. The molecule has 0 N–H and O–H groups in total. The Morgan fingerprint density at radius 1 is 1.16 bits per heavy atom. The summed E-state index contributed by atoms with van der Waals surface area (Å²) < 4.78 is 0. The summed E-state index contributed by atoms with van der Waals surface area (Å²) in [6.07, 6.45) is 0.633. The number of hydrogen-bond donors (Lipinski definition) is 0. The van der Waals surface area contributed by atoms with Gasteiger partial charge in [0.15, 0.2) is 5.78 Å². The second kappa shape index (κ2) is 6.31. The van der Waals surface area contributed by atoms with E-state index in [-0.39, 0.29) is 5.78 Å². The van der Waals surface area contributed by atoms with E-state index in [1.54, 1.807) is 0 Å². The van der Waals surface area contributed by atoms with Gasteiger partial charge in [-0.15, -0.1) is 0 Å². The summed E-state index contributed by atoms with van der Waals surface area (Å²) in [5.41, 5.74) is 3.15. The first-order chi connectivity index (χ1) is 9.06. The quantitative estimate of drug-likeness (QED) is 0.775. The molecule has 1 aromatic carbocycles. The molecule has 0 aliphatic carbocycles. The van der Waals surface area contributed by atoms with Crippen molar-refractivity contribution >= 4 is 5.78 Å². The molecule has 0 aromatic heterocycles. The van der Waals surface area contributed by atoms with E-state index in [1.165, 1.54) is 0 Å². The zero-order chi connectivity index (χ0) is 13.8. The molecule has 0 radical (unpaired) electrons. The summed E-state index contributed by atoms with van der Waals surface area (Å²) in [5.74, 6) is 0.278. The number of piperazine rings is 1. The first kappa shape index (κ1) is 14.2. The van der Waals surface area contributed by atoms with Gasteiger partial charge >= 0.3 is 0 Å². The molecule has 0 saturated carbocycles. The summed E-state index contributed by atoms with van der Waals surface area (Å²) in [7, 11) is 2.15. The molecule has 19 heavy (non-hydrogen) atoms. The summed E-state index contributed by atoms with van der Waals surface area (Å²) in [6, 6.07) is 6.12. The number of likely N-dealkylation sites (N-methyl/N-ethyl adjacent to an activating group) is 1. The van der Waals surface area contributed by atoms with Crippen LogP contribution in [-0.2, 0) is 0 Å². The zero-order valence-corrected chi connectivity index (χ0v) is 12.3. The number of ketones is 1. The van der Waals surface area contributed by atoms with Crippen molar-refractivity contribution < 1.29 is 4.79 Å². The minimum absolute atomic E-state index is 0.278. The highest BCUT2D eigenvalue weighted by atomic mass is 16.1. The van der Waals surface area contributed by atoms with Gasteiger partial charge in [-0.1, -0.05) is 17.7 Å². The van der Waals surface area contributed by atoms with Gasteiger partial charge in [0.1, 0.15) is 0 Å². The van der Waals surface area contributed by atoms with Crippen molar-refractivity contribution in [1.82, 2.24) is 9.80 Å². The van der Waals surface area contributed by atoms with Crippen molar-refractivity contribution in [2.24, 2.45) is 0 Å². The Morgan fingerprint density at radius 3 is 2.53 bits per heavy atom. The third kappa shape index (κ3) is 3.88. The van der Waals surface area contributed by atoms with E-state index >= 15 is 0 Å². The summed E-state index contributed by atoms with van der Waals surface area (Å²) >= 11 is 0. The SMILES string of the molecule is Cc1ccc(C)c(C(=O)CCN2CCN(C)CC2)c1. The van der Waals surface area contributed by atoms with Crippen LogP contribution >= 0.6 is 0 Å². The molecule has 0 bridgehead atoms. The van der Waals surface area contributed by atoms with E-state index in [1.807, 2.05) is 26.0 Å². The Bertz CT molecular complexity index is 448. The fraction of sp³-hybridized carbons (Fsp3) is 0.562. The van der Waals surface area contributed by atoms with Gasteiger partial charge in [0.25, 0.3) is 0 Å². The van der Waals surface area contributed by atoms with E-state index in [0.29, 0.717) is 6.42 Å². The molecule has 1 heterocycles. The monoisotopic (exact) mass is 260 g/mol. The van der Waals surface area contributed by atoms with Crippen LogP contribution in [0, 0.1) is 13.8 Å². The van der Waals surface area contributed by atoms with Crippen LogP contribution in [0.15, 0.2) is 18.2 Å². The molecule has 104 valence electrons. The molecule has 0 spiro atoms. The molecule has 1 aliphatic heterocycles. The largest absolute Gasteiger partial charge is 0.304 e. The van der Waals surface area contributed by atoms with Crippen molar-refractivity contribution in [3.63, 3.8) is 0 Å². The first-order valence-corrected chi connectivity index (χ1v) is 7.07. The number of Topliss-reactive ketones (excluding diaryl/α,β-unsaturated/α-hetero) is 1. The van der Waals surface area contributed by atoms with Crippen LogP contribution in [0.5, 0.6) is 0 Å². The normalized spacial score (nSPS) is 17.6. The Morgan fingerprint density at radius 2 is 1.84 bits per heavy atom. The number of nitrogens with zero attached hydrogens (tertiary/aromatic N) is 2. The van der Waals surface area contributed by atoms with E-state index in [0.717, 1.165) is 49.4 Å². The van der Waals surface area contributed by atoms with Gasteiger partial charge in [-0.25, -0.2) is 0 Å². The highest BCUT2D eigenvalue weighted by molar-refractivity contribution is 5.97. The molecule has 3 heteroatoms. The zero-order valence-electron chi connectivity index (χ0n) is 12.3. The number of benzene rings is 1. The van der Waals surface area contributed by atoms with Crippen molar-refractivity contribution in [2.75, 3.05) is 39.8 Å². The van der Waals surface area contributed by atoms with Gasteiger partial charge in [-0.05, 0) is 32.5 Å². The van der Waals surface area contributed by atoms with E-state index < -0.39 is 0 Å². The molecular weight excluding hydrogens is 236 g/mol. The Hall–Kier alpha value is -1.19. The molecule has 0 atom stereocenters. The molecule has 2 rings (SSSR count). The average molecular weight is 260 g/mol. The lowest BCUT2D eigenvalue weighted by molar-refractivity contribution is 0.0941. The minimum atomic E-state index is 0.278. The van der Waals surface area contributed by atoms with Crippen molar-refractivity contribution in [1.29, 1.82) is 0 Å². The van der Waals surface area contributed by atoms with Crippen molar-refractivity contribution in [2.45, 2.75) is 20.3 Å². The predicted molar refractivity (Wildman–Crippen MR) is 78.8 cm³/mol. The van der Waals surface area contributed by atoms with E-state index in [4.69, 9.17) is 0 Å². The van der Waals surface area contributed by atoms with Gasteiger partial charge in [0, 0.05) is 44.7 Å². The lowest BCUT2D eigenvalue weighted by Crippen LogP contribution is -2.45. The van der Waals surface area contributed by atoms with Crippen LogP contribution in [0.25, 0.3) is 0 Å². The third-order valence-corrected chi connectivity index (χ3v) is 3.94. The molecule has 3 nitrogen and oxygen atoms in total. The standard InChI is InChI=1S/C16H24N2O/c1-13-4-5-14(2)15(12-13)16(19)6-7-18-10-8-17(3)9-11-18/h4-5,12H,6-11H2,1-3H3. The molecular formula is C16H24N2O. The second-order valence-electron chi connectivity index (χ2n) is 5.64. The lowest BCUT2D eigenvalue weighted by Gasteiger charge is -2.32. The van der Waals surface area contributed by atoms with Gasteiger partial charge in [0.2, 0.25) is 0 Å². The molecule has 0 unspecified atom stereocenters. The number of carbonyl (C=O) groups excluding carboxylic acids is 1. The van der Waals surface area contributed by atoms with Crippen LogP contribution in [0.1, 0.15) is 27.9 Å². The van der Waals surface area contributed by atoms with Gasteiger partial charge in [-0.3, -0.25) is 4.79 Å². The third-order valence-electron chi connectivity index (χ3n) is 3.94. The van der Waals surface area contributed by atoms with Crippen LogP contribution in [0.2, 0.25) is 0 Å². The van der Waals surface area contributed by atoms with Gasteiger partial charge < -0.3 is 9.80 Å². The maximum Gasteiger partial charge on any atom is 0.164 e. The number of aryl methyl sites for hydroxylation is 2. The van der Waals surface area contributed by atoms with Gasteiger partial charge in [-0.2, -0.15) is 0 Å². The lowest BCUT2D eigenvalue weighted by atomic mass is 10.00. The Labute approximate surface area is 116 Å². The Kier molecular flexibility index (Phi) is 4.72. The maximum absolute atomic E-state index is 12.3. The van der Waals surface area contributed by atoms with Crippen LogP contribution in [-0.4, -0.2) is 55.4 Å². The fourth-order valence-corrected chi connectivity index (χ4v) is 2.50. The fourth-order valence-electron chi connectivity index (χ4n) is 2.50. The number of carbonyl (C=O) groups is 1. The van der Waals surface area contributed by atoms with E-state index in [2.05, 4.69) is 22.9 Å². The number of hydrogen-bond acceptors (Lipinski definition) is 3. The first-order valence-electron chi connectivity index (χ1n) is 7.07.